The minimum atomic E-state index is -0.658. The number of benzene rings is 2. The number of methoxy groups -OCH3 is 1. The minimum Gasteiger partial charge on any atom is -0.489 e. The van der Waals surface area contributed by atoms with E-state index in [1.54, 1.807) is 0 Å². The molecule has 0 heterocycles. The van der Waals surface area contributed by atoms with Gasteiger partial charge < -0.3 is 20.5 Å². The second kappa shape index (κ2) is 11.1. The summed E-state index contributed by atoms with van der Waals surface area (Å²) in [4.78, 5) is 24.0. The molecule has 2 aromatic carbocycles. The van der Waals surface area contributed by atoms with Crippen LogP contribution in [-0.4, -0.2) is 25.6 Å². The van der Waals surface area contributed by atoms with Gasteiger partial charge in [0.15, 0.2) is 0 Å². The average Bonchev–Trinajstić information content (AvgIpc) is 2.75. The largest absolute Gasteiger partial charge is 0.489 e. The van der Waals surface area contributed by atoms with Crippen molar-refractivity contribution in [3.05, 3.63) is 88.4 Å². The predicted octanol–water partition coefficient (Wildman–Crippen LogP) is 3.05. The van der Waals surface area contributed by atoms with E-state index in [2.05, 4.69) is 19.3 Å². The highest BCUT2D eigenvalue weighted by molar-refractivity contribution is 7.22. The molecule has 30 heavy (non-hydrogen) atoms. The molecule has 0 saturated heterocycles. The summed E-state index contributed by atoms with van der Waals surface area (Å²) in [5, 5.41) is 3.14. The second-order valence-electron chi connectivity index (χ2n) is 6.06. The van der Waals surface area contributed by atoms with Gasteiger partial charge in [-0.2, -0.15) is 0 Å². The Morgan fingerprint density at radius 2 is 1.87 bits per heavy atom. The summed E-state index contributed by atoms with van der Waals surface area (Å²) in [5.74, 6) is -1.85. The predicted molar refractivity (Wildman–Crippen MR) is 112 cm³/mol. The van der Waals surface area contributed by atoms with Crippen molar-refractivity contribution in [3.63, 3.8) is 0 Å². The molecule has 0 aliphatic heterocycles. The van der Waals surface area contributed by atoms with Gasteiger partial charge in [0, 0.05) is 18.3 Å². The zero-order chi connectivity index (χ0) is 22.1. The molecule has 0 aliphatic carbocycles. The molecule has 9 heteroatoms. The molecule has 3 N–H and O–H groups in total. The number of carbonyl (C=O) groups is 2. The SMILES string of the molecule is COC(=O)c1ccc(CNC(=O)/C(=C/C(P)=C\N)COc2ccc(F)cc2)c(F)c1. The number of hydrogen-bond acceptors (Lipinski definition) is 5. The van der Waals surface area contributed by atoms with E-state index in [1.165, 1.54) is 55.8 Å². The van der Waals surface area contributed by atoms with E-state index in [4.69, 9.17) is 10.5 Å². The van der Waals surface area contributed by atoms with E-state index in [1.807, 2.05) is 0 Å². The van der Waals surface area contributed by atoms with E-state index in [0.29, 0.717) is 11.1 Å². The van der Waals surface area contributed by atoms with Gasteiger partial charge in [0.1, 0.15) is 24.0 Å². The lowest BCUT2D eigenvalue weighted by molar-refractivity contribution is -0.118. The van der Waals surface area contributed by atoms with Crippen LogP contribution in [0.4, 0.5) is 8.78 Å². The number of nitrogens with one attached hydrogen (secondary N) is 1. The van der Waals surface area contributed by atoms with E-state index >= 15 is 0 Å². The van der Waals surface area contributed by atoms with Crippen molar-refractivity contribution in [3.8, 4) is 5.75 Å². The van der Waals surface area contributed by atoms with Gasteiger partial charge in [0.05, 0.1) is 18.2 Å². The summed E-state index contributed by atoms with van der Waals surface area (Å²) in [6, 6.07) is 9.18. The van der Waals surface area contributed by atoms with Crippen molar-refractivity contribution in [2.75, 3.05) is 13.7 Å². The Morgan fingerprint density at radius 3 is 2.47 bits per heavy atom. The molecule has 1 atom stereocenters. The molecule has 2 aromatic rings. The van der Waals surface area contributed by atoms with E-state index in [-0.39, 0.29) is 29.9 Å². The van der Waals surface area contributed by atoms with E-state index in [0.717, 1.165) is 6.07 Å². The smallest absolute Gasteiger partial charge is 0.337 e. The van der Waals surface area contributed by atoms with Gasteiger partial charge in [-0.05, 0) is 47.8 Å². The third kappa shape index (κ3) is 6.67. The highest BCUT2D eigenvalue weighted by Crippen LogP contribution is 2.16. The zero-order valence-corrected chi connectivity index (χ0v) is 17.3. The summed E-state index contributed by atoms with van der Waals surface area (Å²) in [5.41, 5.74) is 5.93. The highest BCUT2D eigenvalue weighted by Gasteiger charge is 2.14. The van der Waals surface area contributed by atoms with Crippen LogP contribution in [0.2, 0.25) is 0 Å². The lowest BCUT2D eigenvalue weighted by atomic mass is 10.1. The Morgan fingerprint density at radius 1 is 1.17 bits per heavy atom. The lowest BCUT2D eigenvalue weighted by Crippen LogP contribution is -2.27. The van der Waals surface area contributed by atoms with Gasteiger partial charge in [-0.3, -0.25) is 4.79 Å². The first-order valence-electron chi connectivity index (χ1n) is 8.75. The fourth-order valence-corrected chi connectivity index (χ4v) is 2.54. The number of ether oxygens (including phenoxy) is 2. The molecule has 1 unspecified atom stereocenters. The number of carbonyl (C=O) groups excluding carboxylic acids is 2. The average molecular weight is 434 g/mol. The molecule has 6 nitrogen and oxygen atoms in total. The third-order valence-corrected chi connectivity index (χ3v) is 4.31. The lowest BCUT2D eigenvalue weighted by Gasteiger charge is -2.12. The van der Waals surface area contributed by atoms with Gasteiger partial charge in [-0.15, -0.1) is 9.24 Å². The Bertz CT molecular complexity index is 975. The van der Waals surface area contributed by atoms with Crippen LogP contribution in [-0.2, 0) is 16.1 Å². The van der Waals surface area contributed by atoms with Gasteiger partial charge in [0.2, 0.25) is 0 Å². The number of nitrogens with two attached hydrogens (primary N) is 1. The molecule has 158 valence electrons. The van der Waals surface area contributed by atoms with Crippen molar-refractivity contribution in [2.45, 2.75) is 6.54 Å². The fraction of sp³-hybridized carbons (Fsp3) is 0.143. The molecular weight excluding hydrogens is 413 g/mol. The Balaban J connectivity index is 2.08. The summed E-state index contributed by atoms with van der Waals surface area (Å²) < 4.78 is 37.3. The van der Waals surface area contributed by atoms with Crippen LogP contribution in [0.25, 0.3) is 0 Å². The van der Waals surface area contributed by atoms with Crippen molar-refractivity contribution in [2.24, 2.45) is 5.73 Å². The first kappa shape index (κ1) is 23.0. The topological polar surface area (TPSA) is 90.7 Å². The van der Waals surface area contributed by atoms with E-state index in [9.17, 15) is 18.4 Å². The number of esters is 1. The normalized spacial score (nSPS) is 11.7. The molecule has 0 fully saturated rings. The van der Waals surface area contributed by atoms with Crippen LogP contribution in [0, 0.1) is 11.6 Å². The quantitative estimate of drug-likeness (QED) is 0.289. The van der Waals surface area contributed by atoms with Crippen molar-refractivity contribution >= 4 is 21.1 Å². The molecule has 0 aliphatic rings. The van der Waals surface area contributed by atoms with Crippen LogP contribution in [0.1, 0.15) is 15.9 Å². The van der Waals surface area contributed by atoms with Gasteiger partial charge >= 0.3 is 5.97 Å². The number of amides is 1. The summed E-state index contributed by atoms with van der Waals surface area (Å²) in [6.45, 7) is -0.231. The molecule has 0 aromatic heterocycles. The van der Waals surface area contributed by atoms with Crippen molar-refractivity contribution in [1.29, 1.82) is 0 Å². The Labute approximate surface area is 174 Å². The monoisotopic (exact) mass is 434 g/mol. The molecular formula is C21H21F2N2O4P. The number of halogens is 2. The highest BCUT2D eigenvalue weighted by atomic mass is 31.0. The van der Waals surface area contributed by atoms with Crippen LogP contribution >= 0.6 is 9.24 Å². The van der Waals surface area contributed by atoms with Gasteiger partial charge in [-0.25, -0.2) is 13.6 Å². The van der Waals surface area contributed by atoms with Crippen LogP contribution in [0.5, 0.6) is 5.75 Å². The maximum Gasteiger partial charge on any atom is 0.337 e. The molecule has 0 spiro atoms. The van der Waals surface area contributed by atoms with Crippen LogP contribution in [0.15, 0.2) is 65.6 Å². The first-order chi connectivity index (χ1) is 14.3. The third-order valence-electron chi connectivity index (χ3n) is 3.95. The molecule has 0 saturated carbocycles. The van der Waals surface area contributed by atoms with Crippen molar-refractivity contribution < 1.29 is 27.8 Å². The van der Waals surface area contributed by atoms with Crippen LogP contribution in [0.3, 0.4) is 0 Å². The molecule has 0 radical (unpaired) electrons. The first-order valence-corrected chi connectivity index (χ1v) is 9.33. The molecule has 0 bridgehead atoms. The second-order valence-corrected chi connectivity index (χ2v) is 6.73. The van der Waals surface area contributed by atoms with Gasteiger partial charge in [0.25, 0.3) is 5.91 Å². The standard InChI is InChI=1S/C21H21F2N2O4P/c1-28-21(27)13-2-3-14(19(23)9-13)11-25-20(26)15(8-18(30)10-24)12-29-17-6-4-16(22)5-7-17/h2-10H,11-12,24,30H2,1H3,(H,25,26)/b15-8+,18-10+. The summed E-state index contributed by atoms with van der Waals surface area (Å²) >= 11 is 0. The fourth-order valence-electron chi connectivity index (χ4n) is 2.34. The maximum atomic E-state index is 14.2. The minimum absolute atomic E-state index is 0.0686. The van der Waals surface area contributed by atoms with Crippen LogP contribution < -0.4 is 15.8 Å². The number of allylic oxidation sites excluding steroid dienone is 2. The molecule has 2 rings (SSSR count). The number of rotatable bonds is 8. The Hall–Kier alpha value is -3.25. The molecule has 1 amide bonds. The van der Waals surface area contributed by atoms with Crippen molar-refractivity contribution in [1.82, 2.24) is 5.32 Å². The summed E-state index contributed by atoms with van der Waals surface area (Å²) in [7, 11) is 3.56. The Kier molecular flexibility index (Phi) is 8.50. The number of hydrogen-bond donors (Lipinski definition) is 2. The zero-order valence-electron chi connectivity index (χ0n) is 16.2. The van der Waals surface area contributed by atoms with Gasteiger partial charge in [-0.1, -0.05) is 6.07 Å². The summed E-state index contributed by atoms with van der Waals surface area (Å²) in [6.07, 6.45) is 2.79. The maximum absolute atomic E-state index is 14.2. The van der Waals surface area contributed by atoms with E-state index < -0.39 is 23.5 Å².